The van der Waals surface area contributed by atoms with Gasteiger partial charge in [-0.3, -0.25) is 0 Å². The highest BCUT2D eigenvalue weighted by atomic mass is 19.1. The summed E-state index contributed by atoms with van der Waals surface area (Å²) in [5, 5.41) is 0. The van der Waals surface area contributed by atoms with Gasteiger partial charge < -0.3 is 9.80 Å². The fraction of sp³-hybridized carbons (Fsp3) is 0.417. The topological polar surface area (TPSA) is 6.48 Å². The van der Waals surface area contributed by atoms with Gasteiger partial charge in [-0.1, -0.05) is 31.6 Å². The molecule has 1 aliphatic rings. The molecule has 0 spiro atoms. The number of anilines is 1. The van der Waals surface area contributed by atoms with Crippen molar-refractivity contribution < 1.29 is 8.78 Å². The largest absolute Gasteiger partial charge is 0.371 e. The Morgan fingerprint density at radius 1 is 0.964 bits per heavy atom. The maximum atomic E-state index is 14.1. The van der Waals surface area contributed by atoms with E-state index >= 15 is 0 Å². The molecule has 0 saturated heterocycles. The van der Waals surface area contributed by atoms with Crippen LogP contribution in [0.5, 0.6) is 0 Å². The summed E-state index contributed by atoms with van der Waals surface area (Å²) in [6, 6.07) is 11.6. The van der Waals surface area contributed by atoms with Crippen molar-refractivity contribution in [3.8, 4) is 0 Å². The van der Waals surface area contributed by atoms with Crippen LogP contribution in [0.2, 0.25) is 0 Å². The minimum absolute atomic E-state index is 0.218. The molecule has 28 heavy (non-hydrogen) atoms. The van der Waals surface area contributed by atoms with Crippen molar-refractivity contribution in [1.82, 2.24) is 4.90 Å². The van der Waals surface area contributed by atoms with E-state index in [1.54, 1.807) is 18.2 Å². The zero-order valence-corrected chi connectivity index (χ0v) is 16.9. The number of halogens is 2. The number of benzene rings is 2. The Balaban J connectivity index is 1.78. The number of rotatable bonds is 8. The second-order valence-corrected chi connectivity index (χ2v) is 7.57. The van der Waals surface area contributed by atoms with Crippen LogP contribution >= 0.6 is 0 Å². The Bertz CT molecular complexity index is 799. The normalized spacial score (nSPS) is 14.0. The third kappa shape index (κ3) is 5.20. The first-order valence-corrected chi connectivity index (χ1v) is 10.3. The van der Waals surface area contributed by atoms with Gasteiger partial charge in [-0.25, -0.2) is 8.78 Å². The third-order valence-electron chi connectivity index (χ3n) is 5.35. The van der Waals surface area contributed by atoms with Crippen molar-refractivity contribution in [3.63, 3.8) is 0 Å². The molecule has 0 bridgehead atoms. The van der Waals surface area contributed by atoms with E-state index in [0.717, 1.165) is 61.4 Å². The second kappa shape index (κ2) is 9.83. The van der Waals surface area contributed by atoms with Crippen molar-refractivity contribution in [2.75, 3.05) is 38.1 Å². The summed E-state index contributed by atoms with van der Waals surface area (Å²) in [4.78, 5) is 4.66. The Labute approximate surface area is 167 Å². The molecule has 4 heteroatoms. The molecule has 150 valence electrons. The molecule has 0 aromatic heterocycles. The van der Waals surface area contributed by atoms with Crippen LogP contribution in [0.3, 0.4) is 0 Å². The van der Waals surface area contributed by atoms with E-state index in [9.17, 15) is 8.78 Å². The molecule has 0 radical (unpaired) electrons. The quantitative estimate of drug-likeness (QED) is 0.574. The molecule has 3 rings (SSSR count). The van der Waals surface area contributed by atoms with E-state index in [-0.39, 0.29) is 11.6 Å². The van der Waals surface area contributed by atoms with E-state index < -0.39 is 0 Å². The Hall–Kier alpha value is -2.20. The Morgan fingerprint density at radius 3 is 2.43 bits per heavy atom. The monoisotopic (exact) mass is 384 g/mol. The van der Waals surface area contributed by atoms with Gasteiger partial charge >= 0.3 is 0 Å². The highest BCUT2D eigenvalue weighted by Gasteiger charge is 2.19. The number of fused-ring (bicyclic) bond motifs is 1. The van der Waals surface area contributed by atoms with Gasteiger partial charge in [-0.15, -0.1) is 0 Å². The van der Waals surface area contributed by atoms with E-state index in [1.807, 2.05) is 6.07 Å². The van der Waals surface area contributed by atoms with Crippen LogP contribution in [-0.2, 0) is 0 Å². The van der Waals surface area contributed by atoms with Gasteiger partial charge in [-0.2, -0.15) is 0 Å². The number of unbranched alkanes of at least 4 members (excludes halogenated alkanes) is 1. The summed E-state index contributed by atoms with van der Waals surface area (Å²) < 4.78 is 27.4. The highest BCUT2D eigenvalue weighted by Crippen LogP contribution is 2.35. The average Bonchev–Trinajstić information content (AvgIpc) is 2.86. The van der Waals surface area contributed by atoms with Crippen molar-refractivity contribution in [1.29, 1.82) is 0 Å². The highest BCUT2D eigenvalue weighted by molar-refractivity contribution is 5.87. The minimum atomic E-state index is -0.244. The summed E-state index contributed by atoms with van der Waals surface area (Å²) in [6.45, 7) is 6.14. The molecule has 0 unspecified atom stereocenters. The molecule has 1 aliphatic heterocycles. The maximum Gasteiger partial charge on any atom is 0.125 e. The molecular weight excluding hydrogens is 354 g/mol. The predicted octanol–water partition coefficient (Wildman–Crippen LogP) is 5.73. The molecule has 2 nitrogen and oxygen atoms in total. The van der Waals surface area contributed by atoms with Crippen molar-refractivity contribution >= 4 is 11.3 Å². The second-order valence-electron chi connectivity index (χ2n) is 7.57. The van der Waals surface area contributed by atoms with E-state index in [1.165, 1.54) is 31.0 Å². The molecule has 0 atom stereocenters. The summed E-state index contributed by atoms with van der Waals surface area (Å²) in [7, 11) is 2.17. The van der Waals surface area contributed by atoms with Crippen LogP contribution < -0.4 is 4.90 Å². The molecule has 2 aromatic carbocycles. The van der Waals surface area contributed by atoms with E-state index in [4.69, 9.17) is 0 Å². The predicted molar refractivity (Wildman–Crippen MR) is 114 cm³/mol. The molecule has 1 heterocycles. The number of hydrogen-bond donors (Lipinski definition) is 0. The first-order chi connectivity index (χ1) is 13.6. The maximum absolute atomic E-state index is 14.1. The molecular formula is C24H30F2N2. The summed E-state index contributed by atoms with van der Waals surface area (Å²) in [5.41, 5.74) is 3.97. The first-order valence-electron chi connectivity index (χ1n) is 10.3. The standard InChI is InChI=1S/C24H30F2N2/c1-3-4-14-27(2)15-6-17-28-16-5-7-22(19-8-10-20(25)11-9-19)23-13-12-21(26)18-24(23)28/h7-13,18H,3-6,14-17H2,1-2H3. The molecule has 2 aromatic rings. The number of hydrogen-bond acceptors (Lipinski definition) is 2. The summed E-state index contributed by atoms with van der Waals surface area (Å²) >= 11 is 0. The van der Waals surface area contributed by atoms with E-state index in [2.05, 4.69) is 29.8 Å². The van der Waals surface area contributed by atoms with Gasteiger partial charge in [0.25, 0.3) is 0 Å². The fourth-order valence-corrected chi connectivity index (χ4v) is 3.80. The van der Waals surface area contributed by atoms with Gasteiger partial charge in [0.15, 0.2) is 0 Å². The fourth-order valence-electron chi connectivity index (χ4n) is 3.80. The number of nitrogens with zero attached hydrogens (tertiary/aromatic N) is 2. The van der Waals surface area contributed by atoms with Crippen LogP contribution in [0.4, 0.5) is 14.5 Å². The minimum Gasteiger partial charge on any atom is -0.371 e. The molecule has 0 saturated carbocycles. The van der Waals surface area contributed by atoms with E-state index in [0.29, 0.717) is 0 Å². The van der Waals surface area contributed by atoms with Crippen LogP contribution in [0, 0.1) is 11.6 Å². The zero-order chi connectivity index (χ0) is 19.9. The lowest BCUT2D eigenvalue weighted by atomic mass is 9.96. The SMILES string of the molecule is CCCCN(C)CCCN1CCC=C(c2ccc(F)cc2)c2ccc(F)cc21. The Kier molecular flexibility index (Phi) is 7.21. The lowest BCUT2D eigenvalue weighted by Crippen LogP contribution is -2.29. The molecule has 0 aliphatic carbocycles. The van der Waals surface area contributed by atoms with Gasteiger partial charge in [0.05, 0.1) is 0 Å². The van der Waals surface area contributed by atoms with Crippen molar-refractivity contribution in [2.24, 2.45) is 0 Å². The molecule has 0 fully saturated rings. The van der Waals surface area contributed by atoms with Gasteiger partial charge in [0, 0.05) is 24.3 Å². The van der Waals surface area contributed by atoms with Crippen molar-refractivity contribution in [2.45, 2.75) is 32.6 Å². The summed E-state index contributed by atoms with van der Waals surface area (Å²) in [5.74, 6) is -0.463. The molecule has 0 N–H and O–H groups in total. The van der Waals surface area contributed by atoms with Crippen molar-refractivity contribution in [3.05, 3.63) is 71.3 Å². The molecule has 0 amide bonds. The Morgan fingerprint density at radius 2 is 1.68 bits per heavy atom. The van der Waals surface area contributed by atoms with Crippen LogP contribution in [-0.4, -0.2) is 38.1 Å². The third-order valence-corrected chi connectivity index (χ3v) is 5.35. The lowest BCUT2D eigenvalue weighted by Gasteiger charge is -2.27. The van der Waals surface area contributed by atoms with Gasteiger partial charge in [0.2, 0.25) is 0 Å². The summed E-state index contributed by atoms with van der Waals surface area (Å²) in [6.07, 6.45) is 6.55. The smallest absolute Gasteiger partial charge is 0.125 e. The average molecular weight is 385 g/mol. The zero-order valence-electron chi connectivity index (χ0n) is 16.9. The van der Waals surface area contributed by atoms with Crippen LogP contribution in [0.25, 0.3) is 5.57 Å². The van der Waals surface area contributed by atoms with Gasteiger partial charge in [-0.05, 0) is 80.9 Å². The van der Waals surface area contributed by atoms with Crippen LogP contribution in [0.1, 0.15) is 43.7 Å². The first kappa shape index (κ1) is 20.5. The lowest BCUT2D eigenvalue weighted by molar-refractivity contribution is 0.324. The van der Waals surface area contributed by atoms with Gasteiger partial charge in [0.1, 0.15) is 11.6 Å². The van der Waals surface area contributed by atoms with Crippen LogP contribution in [0.15, 0.2) is 48.5 Å².